The molecule has 0 radical (unpaired) electrons. The van der Waals surface area contributed by atoms with Crippen molar-refractivity contribution in [1.82, 2.24) is 9.88 Å². The van der Waals surface area contributed by atoms with E-state index in [-0.39, 0.29) is 34.8 Å². The van der Waals surface area contributed by atoms with E-state index >= 15 is 0 Å². The standard InChI is InChI=1S/C12H12Cl2N2O4/c1-20-7-3-9(12(18)19)16(5-7)11(17)6-2-8(13)10(14)15-4-6/h2,4,7,9H,3,5H2,1H3,(H,18,19). The molecule has 2 heterocycles. The second kappa shape index (κ2) is 5.95. The first-order valence-electron chi connectivity index (χ1n) is 5.81. The van der Waals surface area contributed by atoms with Crippen molar-refractivity contribution in [2.24, 2.45) is 0 Å². The van der Waals surface area contributed by atoms with Crippen LogP contribution in [0.3, 0.4) is 0 Å². The van der Waals surface area contributed by atoms with Crippen LogP contribution in [-0.2, 0) is 9.53 Å². The molecule has 2 unspecified atom stereocenters. The predicted octanol–water partition coefficient (Wildman–Crippen LogP) is 1.70. The highest BCUT2D eigenvalue weighted by atomic mass is 35.5. The molecule has 20 heavy (non-hydrogen) atoms. The maximum absolute atomic E-state index is 12.4. The number of likely N-dealkylation sites (tertiary alicyclic amines) is 1. The lowest BCUT2D eigenvalue weighted by atomic mass is 10.2. The molecule has 0 spiro atoms. The van der Waals surface area contributed by atoms with Crippen molar-refractivity contribution in [2.75, 3.05) is 13.7 Å². The largest absolute Gasteiger partial charge is 0.480 e. The molecule has 0 bridgehead atoms. The average Bonchev–Trinajstić information content (AvgIpc) is 2.85. The van der Waals surface area contributed by atoms with E-state index in [0.29, 0.717) is 0 Å². The van der Waals surface area contributed by atoms with Gasteiger partial charge in [-0.2, -0.15) is 0 Å². The van der Waals surface area contributed by atoms with Gasteiger partial charge in [-0.1, -0.05) is 23.2 Å². The van der Waals surface area contributed by atoms with E-state index in [9.17, 15) is 14.7 Å². The normalized spacial score (nSPS) is 22.1. The number of carboxylic acids is 1. The maximum atomic E-state index is 12.4. The summed E-state index contributed by atoms with van der Waals surface area (Å²) in [4.78, 5) is 28.6. The van der Waals surface area contributed by atoms with Gasteiger partial charge >= 0.3 is 5.97 Å². The van der Waals surface area contributed by atoms with Gasteiger partial charge in [0.25, 0.3) is 5.91 Å². The van der Waals surface area contributed by atoms with Gasteiger partial charge in [-0.3, -0.25) is 4.79 Å². The van der Waals surface area contributed by atoms with Crippen LogP contribution < -0.4 is 0 Å². The molecule has 0 saturated carbocycles. The maximum Gasteiger partial charge on any atom is 0.326 e. The molecule has 2 atom stereocenters. The molecular formula is C12H12Cl2N2O4. The molecule has 0 aliphatic carbocycles. The molecule has 2 rings (SSSR count). The van der Waals surface area contributed by atoms with Gasteiger partial charge in [0.05, 0.1) is 16.7 Å². The number of hydrogen-bond donors (Lipinski definition) is 1. The summed E-state index contributed by atoms with van der Waals surface area (Å²) in [7, 11) is 1.48. The van der Waals surface area contributed by atoms with Crippen LogP contribution in [0.5, 0.6) is 0 Å². The van der Waals surface area contributed by atoms with Crippen molar-refractivity contribution in [3.63, 3.8) is 0 Å². The number of amides is 1. The Bertz CT molecular complexity index is 552. The van der Waals surface area contributed by atoms with Crippen LogP contribution in [0.2, 0.25) is 10.2 Å². The van der Waals surface area contributed by atoms with Gasteiger partial charge in [-0.15, -0.1) is 0 Å². The number of ether oxygens (including phenoxy) is 1. The Morgan fingerprint density at radius 1 is 1.50 bits per heavy atom. The molecule has 1 fully saturated rings. The molecule has 1 amide bonds. The lowest BCUT2D eigenvalue weighted by Crippen LogP contribution is -2.40. The fourth-order valence-corrected chi connectivity index (χ4v) is 2.40. The van der Waals surface area contributed by atoms with E-state index in [1.165, 1.54) is 24.3 Å². The minimum atomic E-state index is -1.06. The zero-order valence-corrected chi connectivity index (χ0v) is 12.1. The Balaban J connectivity index is 2.26. The molecule has 1 aromatic heterocycles. The number of carboxylic acid groups (broad SMARTS) is 1. The Morgan fingerprint density at radius 2 is 2.20 bits per heavy atom. The van der Waals surface area contributed by atoms with Crippen molar-refractivity contribution in [2.45, 2.75) is 18.6 Å². The molecule has 108 valence electrons. The number of halogens is 2. The highest BCUT2D eigenvalue weighted by Crippen LogP contribution is 2.25. The van der Waals surface area contributed by atoms with E-state index in [1.54, 1.807) is 0 Å². The minimum Gasteiger partial charge on any atom is -0.480 e. The number of methoxy groups -OCH3 is 1. The van der Waals surface area contributed by atoms with Crippen LogP contribution in [0.25, 0.3) is 0 Å². The van der Waals surface area contributed by atoms with Crippen LogP contribution in [-0.4, -0.2) is 52.7 Å². The third kappa shape index (κ3) is 2.87. The Kier molecular flexibility index (Phi) is 4.47. The van der Waals surface area contributed by atoms with E-state index in [0.717, 1.165) is 0 Å². The lowest BCUT2D eigenvalue weighted by Gasteiger charge is -2.21. The van der Waals surface area contributed by atoms with Crippen molar-refractivity contribution in [1.29, 1.82) is 0 Å². The average molecular weight is 319 g/mol. The lowest BCUT2D eigenvalue weighted by molar-refractivity contribution is -0.141. The number of aliphatic carboxylic acids is 1. The summed E-state index contributed by atoms with van der Waals surface area (Å²) in [5, 5.41) is 9.42. The number of hydrogen-bond acceptors (Lipinski definition) is 4. The van der Waals surface area contributed by atoms with E-state index in [4.69, 9.17) is 27.9 Å². The quantitative estimate of drug-likeness (QED) is 0.858. The first-order chi connectivity index (χ1) is 9.43. The summed E-state index contributed by atoms with van der Waals surface area (Å²) in [6.45, 7) is 0.215. The summed E-state index contributed by atoms with van der Waals surface area (Å²) in [5.41, 5.74) is 0.197. The molecule has 1 aliphatic rings. The van der Waals surface area contributed by atoms with Crippen molar-refractivity contribution in [3.05, 3.63) is 28.0 Å². The van der Waals surface area contributed by atoms with E-state index in [1.807, 2.05) is 0 Å². The Morgan fingerprint density at radius 3 is 2.75 bits per heavy atom. The number of rotatable bonds is 3. The summed E-state index contributed by atoms with van der Waals surface area (Å²) < 4.78 is 5.13. The highest BCUT2D eigenvalue weighted by molar-refractivity contribution is 6.41. The second-order valence-electron chi connectivity index (χ2n) is 4.40. The summed E-state index contributed by atoms with van der Waals surface area (Å²) in [5.74, 6) is -1.52. The monoisotopic (exact) mass is 318 g/mol. The van der Waals surface area contributed by atoms with Crippen molar-refractivity contribution in [3.8, 4) is 0 Å². The summed E-state index contributed by atoms with van der Waals surface area (Å²) in [6, 6.07) is 0.458. The first-order valence-corrected chi connectivity index (χ1v) is 6.57. The van der Waals surface area contributed by atoms with Crippen LogP contribution >= 0.6 is 23.2 Å². The van der Waals surface area contributed by atoms with Crippen molar-refractivity contribution >= 4 is 35.1 Å². The van der Waals surface area contributed by atoms with Gasteiger partial charge in [0.15, 0.2) is 0 Å². The summed E-state index contributed by atoms with van der Waals surface area (Å²) in [6.07, 6.45) is 1.23. The zero-order valence-electron chi connectivity index (χ0n) is 10.5. The van der Waals surface area contributed by atoms with Gasteiger partial charge in [0.1, 0.15) is 11.2 Å². The van der Waals surface area contributed by atoms with Gasteiger partial charge < -0.3 is 14.7 Å². The number of carbonyl (C=O) groups is 2. The smallest absolute Gasteiger partial charge is 0.326 e. The Labute approximate surface area is 125 Å². The van der Waals surface area contributed by atoms with Gasteiger partial charge in [0, 0.05) is 26.3 Å². The van der Waals surface area contributed by atoms with E-state index in [2.05, 4.69) is 4.98 Å². The number of pyridine rings is 1. The fourth-order valence-electron chi connectivity index (χ4n) is 2.13. The number of carbonyl (C=O) groups excluding carboxylic acids is 1. The van der Waals surface area contributed by atoms with Crippen LogP contribution in [0.1, 0.15) is 16.8 Å². The highest BCUT2D eigenvalue weighted by Gasteiger charge is 2.40. The first kappa shape index (κ1) is 15.0. The molecule has 6 nitrogen and oxygen atoms in total. The zero-order chi connectivity index (χ0) is 14.9. The van der Waals surface area contributed by atoms with Gasteiger partial charge in [0.2, 0.25) is 0 Å². The predicted molar refractivity (Wildman–Crippen MR) is 72.1 cm³/mol. The van der Waals surface area contributed by atoms with Crippen molar-refractivity contribution < 1.29 is 19.4 Å². The SMILES string of the molecule is COC1CC(C(=O)O)N(C(=O)c2cnc(Cl)c(Cl)c2)C1. The van der Waals surface area contributed by atoms with E-state index < -0.39 is 17.9 Å². The third-order valence-corrected chi connectivity index (χ3v) is 3.87. The minimum absolute atomic E-state index is 0.0918. The Hall–Kier alpha value is -1.37. The van der Waals surface area contributed by atoms with Crippen LogP contribution in [0, 0.1) is 0 Å². The topological polar surface area (TPSA) is 79.7 Å². The fraction of sp³-hybridized carbons (Fsp3) is 0.417. The molecule has 1 saturated heterocycles. The second-order valence-corrected chi connectivity index (χ2v) is 5.17. The summed E-state index contributed by atoms with van der Waals surface area (Å²) >= 11 is 11.5. The molecule has 1 N–H and O–H groups in total. The molecule has 0 aromatic carbocycles. The van der Waals surface area contributed by atoms with Crippen LogP contribution in [0.4, 0.5) is 0 Å². The van der Waals surface area contributed by atoms with Gasteiger partial charge in [-0.25, -0.2) is 9.78 Å². The molecule has 8 heteroatoms. The molecule has 1 aromatic rings. The molecular weight excluding hydrogens is 307 g/mol. The molecule has 1 aliphatic heterocycles. The third-order valence-electron chi connectivity index (χ3n) is 3.19. The van der Waals surface area contributed by atoms with Gasteiger partial charge in [-0.05, 0) is 6.07 Å². The van der Waals surface area contributed by atoms with Crippen LogP contribution in [0.15, 0.2) is 12.3 Å². The number of aromatic nitrogens is 1. The number of nitrogens with zero attached hydrogens (tertiary/aromatic N) is 2.